The number of carbonyl (C=O) groups excluding carboxylic acids is 1. The van der Waals surface area contributed by atoms with E-state index in [-0.39, 0.29) is 11.5 Å². The van der Waals surface area contributed by atoms with Crippen molar-refractivity contribution in [3.63, 3.8) is 0 Å². The molecule has 0 spiro atoms. The van der Waals surface area contributed by atoms with E-state index in [2.05, 4.69) is 25.3 Å². The van der Waals surface area contributed by atoms with Crippen molar-refractivity contribution in [2.45, 2.75) is 39.2 Å². The molecular weight excluding hydrogens is 190 g/mol. The molecule has 86 valence electrons. The first kappa shape index (κ1) is 12.2. The molecule has 0 unspecified atom stereocenters. The van der Waals surface area contributed by atoms with E-state index >= 15 is 0 Å². The van der Waals surface area contributed by atoms with E-state index in [4.69, 9.17) is 4.74 Å². The number of ether oxygens (including phenoxy) is 1. The number of nitrogens with zero attached hydrogens (tertiary/aromatic N) is 1. The van der Waals surface area contributed by atoms with Crippen LogP contribution >= 0.6 is 0 Å². The summed E-state index contributed by atoms with van der Waals surface area (Å²) in [7, 11) is 0. The fourth-order valence-electron chi connectivity index (χ4n) is 1.98. The molecule has 15 heavy (non-hydrogen) atoms. The Bertz CT molecular complexity index is 258. The summed E-state index contributed by atoms with van der Waals surface area (Å²) < 4.78 is 4.92. The van der Waals surface area contributed by atoms with Gasteiger partial charge in [0, 0.05) is 17.7 Å². The highest BCUT2D eigenvalue weighted by Crippen LogP contribution is 2.28. The van der Waals surface area contributed by atoms with Gasteiger partial charge < -0.3 is 4.74 Å². The Labute approximate surface area is 92.1 Å². The Kier molecular flexibility index (Phi) is 3.91. The van der Waals surface area contributed by atoms with Crippen LogP contribution in [0.3, 0.4) is 0 Å². The largest absolute Gasteiger partial charge is 0.463 e. The molecule has 1 aliphatic heterocycles. The van der Waals surface area contributed by atoms with Gasteiger partial charge in [0.1, 0.15) is 0 Å². The molecule has 0 bridgehead atoms. The maximum absolute atomic E-state index is 11.4. The number of hydrogen-bond donors (Lipinski definition) is 0. The molecule has 1 fully saturated rings. The van der Waals surface area contributed by atoms with Crippen LogP contribution in [0, 0.1) is 0 Å². The molecule has 0 aromatic carbocycles. The first-order valence-electron chi connectivity index (χ1n) is 5.57. The monoisotopic (exact) mass is 211 g/mol. The van der Waals surface area contributed by atoms with Crippen LogP contribution in [0.15, 0.2) is 12.2 Å². The van der Waals surface area contributed by atoms with Gasteiger partial charge >= 0.3 is 5.97 Å². The Morgan fingerprint density at radius 3 is 2.67 bits per heavy atom. The van der Waals surface area contributed by atoms with Gasteiger partial charge in [0.05, 0.1) is 6.61 Å². The molecule has 0 radical (unpaired) electrons. The molecule has 0 amide bonds. The van der Waals surface area contributed by atoms with Crippen molar-refractivity contribution in [2.24, 2.45) is 0 Å². The summed E-state index contributed by atoms with van der Waals surface area (Å²) in [5.74, 6) is -0.264. The topological polar surface area (TPSA) is 29.5 Å². The fraction of sp³-hybridized carbons (Fsp3) is 0.750. The zero-order valence-electron chi connectivity index (χ0n) is 10.0. The molecule has 0 saturated carbocycles. The fourth-order valence-corrected chi connectivity index (χ4v) is 1.98. The lowest BCUT2D eigenvalue weighted by atomic mass is 10.0. The van der Waals surface area contributed by atoms with Gasteiger partial charge in [-0.3, -0.25) is 4.90 Å². The number of esters is 1. The van der Waals surface area contributed by atoms with Crippen LogP contribution in [0.4, 0.5) is 0 Å². The summed E-state index contributed by atoms with van der Waals surface area (Å²) in [4.78, 5) is 13.7. The second kappa shape index (κ2) is 4.79. The minimum absolute atomic E-state index is 0.190. The Morgan fingerprint density at radius 2 is 2.20 bits per heavy atom. The lowest BCUT2D eigenvalue weighted by Gasteiger charge is -2.31. The summed E-state index contributed by atoms with van der Waals surface area (Å²) in [5, 5.41) is 0. The normalized spacial score (nSPS) is 20.2. The maximum Gasteiger partial charge on any atom is 0.334 e. The zero-order valence-corrected chi connectivity index (χ0v) is 10.0. The van der Waals surface area contributed by atoms with Crippen LogP contribution in [0.2, 0.25) is 0 Å². The van der Waals surface area contributed by atoms with Gasteiger partial charge in [0.25, 0.3) is 0 Å². The van der Waals surface area contributed by atoms with Gasteiger partial charge in [0.15, 0.2) is 0 Å². The van der Waals surface area contributed by atoms with E-state index in [9.17, 15) is 4.79 Å². The third-order valence-electron chi connectivity index (χ3n) is 3.02. The minimum atomic E-state index is -0.264. The number of rotatable bonds is 4. The number of hydrogen-bond acceptors (Lipinski definition) is 3. The van der Waals surface area contributed by atoms with Gasteiger partial charge in [0.2, 0.25) is 0 Å². The van der Waals surface area contributed by atoms with Crippen molar-refractivity contribution in [3.8, 4) is 0 Å². The van der Waals surface area contributed by atoms with Crippen molar-refractivity contribution in [3.05, 3.63) is 12.2 Å². The van der Waals surface area contributed by atoms with Crippen LogP contribution in [-0.2, 0) is 9.53 Å². The third-order valence-corrected chi connectivity index (χ3v) is 3.02. The molecule has 3 nitrogen and oxygen atoms in total. The summed E-state index contributed by atoms with van der Waals surface area (Å²) in [5.41, 5.74) is 0.752. The molecule has 1 rings (SSSR count). The van der Waals surface area contributed by atoms with Crippen molar-refractivity contribution < 1.29 is 9.53 Å². The standard InChI is InChI=1S/C12H21NO2/c1-5-15-11(14)10(2)9-13-8-6-7-12(13,3)4/h2,5-9H2,1,3-4H3. The van der Waals surface area contributed by atoms with Crippen molar-refractivity contribution in [1.29, 1.82) is 0 Å². The average molecular weight is 211 g/mol. The van der Waals surface area contributed by atoms with Gasteiger partial charge in [-0.1, -0.05) is 6.58 Å². The highest BCUT2D eigenvalue weighted by molar-refractivity contribution is 5.88. The Hall–Kier alpha value is -0.830. The molecule has 0 N–H and O–H groups in total. The lowest BCUT2D eigenvalue weighted by molar-refractivity contribution is -0.138. The summed E-state index contributed by atoms with van der Waals surface area (Å²) >= 11 is 0. The first-order valence-corrected chi connectivity index (χ1v) is 5.57. The van der Waals surface area contributed by atoms with Crippen molar-refractivity contribution in [2.75, 3.05) is 19.7 Å². The Morgan fingerprint density at radius 1 is 1.53 bits per heavy atom. The molecule has 0 aromatic rings. The van der Waals surface area contributed by atoms with E-state index in [1.54, 1.807) is 0 Å². The number of carbonyl (C=O) groups is 1. The van der Waals surface area contributed by atoms with Crippen LogP contribution in [0.25, 0.3) is 0 Å². The van der Waals surface area contributed by atoms with Gasteiger partial charge in [-0.15, -0.1) is 0 Å². The minimum Gasteiger partial charge on any atom is -0.463 e. The molecule has 3 heteroatoms. The quantitative estimate of drug-likeness (QED) is 0.526. The highest BCUT2D eigenvalue weighted by Gasteiger charge is 2.32. The molecule has 1 saturated heterocycles. The molecule has 0 aliphatic carbocycles. The lowest BCUT2D eigenvalue weighted by Crippen LogP contribution is -2.40. The smallest absolute Gasteiger partial charge is 0.334 e. The van der Waals surface area contributed by atoms with Gasteiger partial charge in [-0.2, -0.15) is 0 Å². The SMILES string of the molecule is C=C(CN1CCCC1(C)C)C(=O)OCC. The second-order valence-corrected chi connectivity index (χ2v) is 4.66. The molecule has 0 aromatic heterocycles. The predicted octanol–water partition coefficient (Wildman–Crippen LogP) is 1.98. The van der Waals surface area contributed by atoms with E-state index in [1.807, 2.05) is 6.92 Å². The van der Waals surface area contributed by atoms with Crippen LogP contribution in [0.1, 0.15) is 33.6 Å². The van der Waals surface area contributed by atoms with Crippen molar-refractivity contribution >= 4 is 5.97 Å². The molecular formula is C12H21NO2. The van der Waals surface area contributed by atoms with Crippen molar-refractivity contribution in [1.82, 2.24) is 4.90 Å². The average Bonchev–Trinajstić information content (AvgIpc) is 2.46. The predicted molar refractivity (Wildman–Crippen MR) is 60.7 cm³/mol. The first-order chi connectivity index (χ1) is 6.97. The van der Waals surface area contributed by atoms with E-state index in [0.29, 0.717) is 18.7 Å². The highest BCUT2D eigenvalue weighted by atomic mass is 16.5. The van der Waals surface area contributed by atoms with E-state index in [1.165, 1.54) is 12.8 Å². The molecule has 0 atom stereocenters. The van der Waals surface area contributed by atoms with Crippen LogP contribution in [0.5, 0.6) is 0 Å². The molecule has 1 aliphatic rings. The molecule has 1 heterocycles. The van der Waals surface area contributed by atoms with E-state index in [0.717, 1.165) is 6.54 Å². The number of likely N-dealkylation sites (tertiary alicyclic amines) is 1. The summed E-state index contributed by atoms with van der Waals surface area (Å²) in [6, 6.07) is 0. The van der Waals surface area contributed by atoms with Gasteiger partial charge in [-0.25, -0.2) is 4.79 Å². The summed E-state index contributed by atoms with van der Waals surface area (Å²) in [6.45, 7) is 12.1. The Balaban J connectivity index is 2.48. The van der Waals surface area contributed by atoms with E-state index < -0.39 is 0 Å². The zero-order chi connectivity index (χ0) is 11.5. The third kappa shape index (κ3) is 3.06. The summed E-state index contributed by atoms with van der Waals surface area (Å²) in [6.07, 6.45) is 2.38. The second-order valence-electron chi connectivity index (χ2n) is 4.66. The maximum atomic E-state index is 11.4. The van der Waals surface area contributed by atoms with Gasteiger partial charge in [-0.05, 0) is 40.2 Å². The van der Waals surface area contributed by atoms with Crippen LogP contribution < -0.4 is 0 Å². The van der Waals surface area contributed by atoms with Crippen LogP contribution in [-0.4, -0.2) is 36.1 Å².